The maximum atomic E-state index is 13.7. The van der Waals surface area contributed by atoms with Crippen molar-refractivity contribution >= 4 is 11.4 Å². The van der Waals surface area contributed by atoms with E-state index in [1.165, 1.54) is 6.07 Å². The van der Waals surface area contributed by atoms with E-state index in [0.717, 1.165) is 18.9 Å². The van der Waals surface area contributed by atoms with Crippen LogP contribution in [-0.2, 0) is 9.47 Å². The van der Waals surface area contributed by atoms with E-state index < -0.39 is 22.2 Å². The number of anilines is 1. The highest BCUT2D eigenvalue weighted by atomic mass is 19.1. The third-order valence-corrected chi connectivity index (χ3v) is 3.72. The first kappa shape index (κ1) is 13.3. The van der Waals surface area contributed by atoms with Gasteiger partial charge in [-0.25, -0.2) is 0 Å². The molecule has 2 aliphatic rings. The SMILES string of the molecule is O=[N+]([O-])c1c(F)cccc1N1CCCC2(C1)OCCO2. The fraction of sp³-hybridized carbons (Fsp3) is 0.538. The van der Waals surface area contributed by atoms with Crippen molar-refractivity contribution in [2.24, 2.45) is 0 Å². The van der Waals surface area contributed by atoms with Crippen LogP contribution in [0.4, 0.5) is 15.8 Å². The zero-order valence-corrected chi connectivity index (χ0v) is 10.9. The monoisotopic (exact) mass is 282 g/mol. The van der Waals surface area contributed by atoms with Crippen LogP contribution in [0.15, 0.2) is 18.2 Å². The molecule has 3 rings (SSSR count). The zero-order chi connectivity index (χ0) is 14.2. The predicted octanol–water partition coefficient (Wildman–Crippen LogP) is 2.08. The molecule has 2 saturated heterocycles. The lowest BCUT2D eigenvalue weighted by molar-refractivity contribution is -0.386. The highest BCUT2D eigenvalue weighted by molar-refractivity contribution is 5.64. The highest BCUT2D eigenvalue weighted by Gasteiger charge is 2.42. The van der Waals surface area contributed by atoms with Crippen LogP contribution in [0.2, 0.25) is 0 Å². The summed E-state index contributed by atoms with van der Waals surface area (Å²) in [5.74, 6) is -1.52. The average molecular weight is 282 g/mol. The molecule has 6 nitrogen and oxygen atoms in total. The second kappa shape index (κ2) is 4.99. The molecule has 1 spiro atoms. The first-order valence-corrected chi connectivity index (χ1v) is 6.57. The summed E-state index contributed by atoms with van der Waals surface area (Å²) in [6, 6.07) is 4.15. The van der Waals surface area contributed by atoms with Gasteiger partial charge in [0.2, 0.25) is 5.82 Å². The summed E-state index contributed by atoms with van der Waals surface area (Å²) >= 11 is 0. The molecule has 0 aromatic heterocycles. The van der Waals surface area contributed by atoms with Gasteiger partial charge in [-0.1, -0.05) is 6.07 Å². The number of hydrogen-bond donors (Lipinski definition) is 0. The molecule has 0 bridgehead atoms. The Bertz CT molecular complexity index is 531. The minimum absolute atomic E-state index is 0.285. The van der Waals surface area contributed by atoms with Crippen molar-refractivity contribution in [1.29, 1.82) is 0 Å². The molecule has 1 aromatic carbocycles. The first-order valence-electron chi connectivity index (χ1n) is 6.57. The molecule has 2 fully saturated rings. The smallest absolute Gasteiger partial charge is 0.327 e. The normalized spacial score (nSPS) is 21.4. The molecule has 1 aromatic rings. The molecule has 0 amide bonds. The fourth-order valence-electron chi connectivity index (χ4n) is 2.87. The molecule has 0 aliphatic carbocycles. The highest BCUT2D eigenvalue weighted by Crippen LogP contribution is 2.37. The lowest BCUT2D eigenvalue weighted by Crippen LogP contribution is -2.49. The van der Waals surface area contributed by atoms with Crippen molar-refractivity contribution in [1.82, 2.24) is 0 Å². The van der Waals surface area contributed by atoms with E-state index in [-0.39, 0.29) is 5.69 Å². The predicted molar refractivity (Wildman–Crippen MR) is 69.1 cm³/mol. The fourth-order valence-corrected chi connectivity index (χ4v) is 2.87. The molecule has 0 saturated carbocycles. The lowest BCUT2D eigenvalue weighted by atomic mass is 10.0. The number of hydrogen-bond acceptors (Lipinski definition) is 5. The molecule has 0 atom stereocenters. The third-order valence-electron chi connectivity index (χ3n) is 3.72. The number of halogens is 1. The van der Waals surface area contributed by atoms with Crippen LogP contribution in [0.3, 0.4) is 0 Å². The van der Waals surface area contributed by atoms with Crippen LogP contribution in [0, 0.1) is 15.9 Å². The summed E-state index contributed by atoms with van der Waals surface area (Å²) in [5.41, 5.74) is -0.198. The third kappa shape index (κ3) is 2.23. The maximum Gasteiger partial charge on any atom is 0.327 e. The van der Waals surface area contributed by atoms with E-state index in [1.807, 2.05) is 0 Å². The summed E-state index contributed by atoms with van der Waals surface area (Å²) in [6.07, 6.45) is 1.54. The van der Waals surface area contributed by atoms with Crippen LogP contribution in [0.1, 0.15) is 12.8 Å². The van der Waals surface area contributed by atoms with Crippen molar-refractivity contribution in [3.8, 4) is 0 Å². The first-order chi connectivity index (χ1) is 9.61. The van der Waals surface area contributed by atoms with Gasteiger partial charge < -0.3 is 14.4 Å². The van der Waals surface area contributed by atoms with E-state index >= 15 is 0 Å². The van der Waals surface area contributed by atoms with Crippen LogP contribution in [0.25, 0.3) is 0 Å². The summed E-state index contributed by atoms with van der Waals surface area (Å²) in [5, 5.41) is 11.1. The number of piperidine rings is 1. The van der Waals surface area contributed by atoms with Gasteiger partial charge in [0.05, 0.1) is 24.7 Å². The zero-order valence-electron chi connectivity index (χ0n) is 10.9. The Morgan fingerprint density at radius 1 is 1.35 bits per heavy atom. The van der Waals surface area contributed by atoms with Crippen molar-refractivity contribution in [2.75, 3.05) is 31.2 Å². The summed E-state index contributed by atoms with van der Waals surface area (Å²) in [7, 11) is 0. The molecule has 0 N–H and O–H groups in total. The average Bonchev–Trinajstić information content (AvgIpc) is 2.86. The van der Waals surface area contributed by atoms with E-state index in [1.54, 1.807) is 11.0 Å². The van der Waals surface area contributed by atoms with Gasteiger partial charge in [0, 0.05) is 13.0 Å². The van der Waals surface area contributed by atoms with Crippen LogP contribution in [-0.4, -0.2) is 37.0 Å². The van der Waals surface area contributed by atoms with Crippen molar-refractivity contribution in [3.05, 3.63) is 34.1 Å². The quantitative estimate of drug-likeness (QED) is 0.613. The summed E-state index contributed by atoms with van der Waals surface area (Å²) in [4.78, 5) is 12.2. The van der Waals surface area contributed by atoms with Gasteiger partial charge in [-0.2, -0.15) is 4.39 Å². The number of nitro benzene ring substituents is 1. The maximum absolute atomic E-state index is 13.7. The molecule has 0 unspecified atom stereocenters. The summed E-state index contributed by atoms with van der Waals surface area (Å²) in [6.45, 7) is 2.06. The topological polar surface area (TPSA) is 64.8 Å². The molecular formula is C13H15FN2O4. The second-order valence-electron chi connectivity index (χ2n) is 5.00. The van der Waals surface area contributed by atoms with Crippen molar-refractivity contribution in [3.63, 3.8) is 0 Å². The molecule has 2 aliphatic heterocycles. The molecular weight excluding hydrogens is 267 g/mol. The van der Waals surface area contributed by atoms with Gasteiger partial charge in [0.1, 0.15) is 5.69 Å². The Balaban J connectivity index is 1.93. The van der Waals surface area contributed by atoms with Gasteiger partial charge in [-0.3, -0.25) is 10.1 Å². The number of benzene rings is 1. The van der Waals surface area contributed by atoms with Crippen molar-refractivity contribution in [2.45, 2.75) is 18.6 Å². The number of para-hydroxylation sites is 1. The van der Waals surface area contributed by atoms with Gasteiger partial charge in [0.15, 0.2) is 5.79 Å². The van der Waals surface area contributed by atoms with E-state index in [9.17, 15) is 14.5 Å². The number of ether oxygens (including phenoxy) is 2. The lowest BCUT2D eigenvalue weighted by Gasteiger charge is -2.39. The van der Waals surface area contributed by atoms with Crippen LogP contribution in [0.5, 0.6) is 0 Å². The molecule has 0 radical (unpaired) electrons. The van der Waals surface area contributed by atoms with Crippen LogP contribution < -0.4 is 4.90 Å². The Labute approximate surface area is 115 Å². The largest absolute Gasteiger partial charge is 0.360 e. The number of nitrogens with zero attached hydrogens (tertiary/aromatic N) is 2. The second-order valence-corrected chi connectivity index (χ2v) is 5.00. The number of nitro groups is 1. The van der Waals surface area contributed by atoms with E-state index in [4.69, 9.17) is 9.47 Å². The standard InChI is InChI=1S/C13H15FN2O4/c14-10-3-1-4-11(12(10)16(17)18)15-6-2-5-13(9-15)19-7-8-20-13/h1,3-4H,2,5-9H2. The van der Waals surface area contributed by atoms with Gasteiger partial charge in [-0.05, 0) is 18.6 Å². The van der Waals surface area contributed by atoms with Gasteiger partial charge >= 0.3 is 5.69 Å². The van der Waals surface area contributed by atoms with Crippen molar-refractivity contribution < 1.29 is 18.8 Å². The molecule has 108 valence electrons. The molecule has 2 heterocycles. The minimum atomic E-state index is -0.819. The molecule has 20 heavy (non-hydrogen) atoms. The Hall–Kier alpha value is -1.73. The van der Waals surface area contributed by atoms with E-state index in [0.29, 0.717) is 26.3 Å². The van der Waals surface area contributed by atoms with Gasteiger partial charge in [-0.15, -0.1) is 0 Å². The summed E-state index contributed by atoms with van der Waals surface area (Å²) < 4.78 is 25.0. The Morgan fingerprint density at radius 2 is 2.10 bits per heavy atom. The minimum Gasteiger partial charge on any atom is -0.360 e. The Kier molecular flexibility index (Phi) is 3.31. The van der Waals surface area contributed by atoms with E-state index in [2.05, 4.69) is 0 Å². The van der Waals surface area contributed by atoms with Crippen LogP contribution >= 0.6 is 0 Å². The Morgan fingerprint density at radius 3 is 2.80 bits per heavy atom. The molecule has 7 heteroatoms. The number of rotatable bonds is 2. The van der Waals surface area contributed by atoms with Gasteiger partial charge in [0.25, 0.3) is 0 Å².